The van der Waals surface area contributed by atoms with E-state index in [-0.39, 0.29) is 6.61 Å². The molecule has 1 rings (SSSR count). The van der Waals surface area contributed by atoms with Crippen LogP contribution in [0, 0.1) is 5.41 Å². The Kier molecular flexibility index (Phi) is 3.51. The molecule has 1 unspecified atom stereocenters. The first kappa shape index (κ1) is 11.5. The lowest BCUT2D eigenvalue weighted by Gasteiger charge is -2.26. The molecule has 0 bridgehead atoms. The Labute approximate surface area is 88.5 Å². The Morgan fingerprint density at radius 1 is 1.36 bits per heavy atom. The summed E-state index contributed by atoms with van der Waals surface area (Å²) < 4.78 is 13.8. The van der Waals surface area contributed by atoms with Crippen molar-refractivity contribution >= 4 is 11.6 Å². The summed E-state index contributed by atoms with van der Waals surface area (Å²) in [6.45, 7) is 3.19. The van der Waals surface area contributed by atoms with Gasteiger partial charge in [0.25, 0.3) is 0 Å². The molecule has 1 nitrogen and oxygen atoms in total. The Hall–Kier alpha value is -0.600. The van der Waals surface area contributed by atoms with Gasteiger partial charge in [-0.3, -0.25) is 0 Å². The van der Waals surface area contributed by atoms with Crippen LogP contribution in [0.5, 0.6) is 0 Å². The van der Waals surface area contributed by atoms with Crippen LogP contribution in [0.2, 0.25) is 5.02 Å². The molecular formula is C11H14ClFO. The van der Waals surface area contributed by atoms with Gasteiger partial charge in [0, 0.05) is 10.4 Å². The van der Waals surface area contributed by atoms with E-state index in [1.54, 1.807) is 38.1 Å². The van der Waals surface area contributed by atoms with Gasteiger partial charge in [0.05, 0.1) is 6.61 Å². The fourth-order valence-corrected chi connectivity index (χ4v) is 1.29. The Bertz CT molecular complexity index is 295. The number of halogens is 2. The molecule has 1 N–H and O–H groups in total. The van der Waals surface area contributed by atoms with Gasteiger partial charge in [-0.2, -0.15) is 0 Å². The van der Waals surface area contributed by atoms with Gasteiger partial charge in [-0.25, -0.2) is 4.39 Å². The zero-order valence-electron chi connectivity index (χ0n) is 8.30. The highest BCUT2D eigenvalue weighted by molar-refractivity contribution is 6.30. The van der Waals surface area contributed by atoms with Crippen molar-refractivity contribution in [3.8, 4) is 0 Å². The average Bonchev–Trinajstić information content (AvgIpc) is 2.18. The molecule has 0 aliphatic heterocycles. The second-order valence-electron chi connectivity index (χ2n) is 4.06. The van der Waals surface area contributed by atoms with Crippen molar-refractivity contribution in [2.75, 3.05) is 6.61 Å². The lowest BCUT2D eigenvalue weighted by atomic mass is 9.85. The summed E-state index contributed by atoms with van der Waals surface area (Å²) in [6.07, 6.45) is -1.18. The first-order chi connectivity index (χ1) is 6.47. The van der Waals surface area contributed by atoms with E-state index < -0.39 is 11.6 Å². The zero-order valence-corrected chi connectivity index (χ0v) is 9.05. The fourth-order valence-electron chi connectivity index (χ4n) is 1.16. The molecule has 0 aliphatic rings. The van der Waals surface area contributed by atoms with E-state index in [1.165, 1.54) is 0 Å². The molecule has 0 radical (unpaired) electrons. The van der Waals surface area contributed by atoms with Gasteiger partial charge < -0.3 is 5.11 Å². The first-order valence-electron chi connectivity index (χ1n) is 4.48. The van der Waals surface area contributed by atoms with Gasteiger partial charge in [-0.05, 0) is 17.7 Å². The minimum atomic E-state index is -1.18. The number of hydrogen-bond donors (Lipinski definition) is 1. The molecule has 0 heterocycles. The molecule has 0 saturated heterocycles. The van der Waals surface area contributed by atoms with Crippen LogP contribution in [0.25, 0.3) is 0 Å². The number of alkyl halides is 1. The van der Waals surface area contributed by atoms with E-state index in [9.17, 15) is 4.39 Å². The highest BCUT2D eigenvalue weighted by atomic mass is 35.5. The lowest BCUT2D eigenvalue weighted by Crippen LogP contribution is -2.23. The summed E-state index contributed by atoms with van der Waals surface area (Å²) in [6, 6.07) is 6.59. The van der Waals surface area contributed by atoms with Crippen LogP contribution in [-0.4, -0.2) is 11.7 Å². The second-order valence-corrected chi connectivity index (χ2v) is 4.50. The van der Waals surface area contributed by atoms with Crippen molar-refractivity contribution in [1.29, 1.82) is 0 Å². The summed E-state index contributed by atoms with van der Waals surface area (Å²) in [5.74, 6) is 0. The number of aliphatic hydroxyl groups excluding tert-OH is 1. The number of hydrogen-bond acceptors (Lipinski definition) is 1. The zero-order chi connectivity index (χ0) is 10.8. The molecular weight excluding hydrogens is 203 g/mol. The van der Waals surface area contributed by atoms with Gasteiger partial charge in [0.15, 0.2) is 0 Å². The van der Waals surface area contributed by atoms with E-state index >= 15 is 0 Å². The van der Waals surface area contributed by atoms with Gasteiger partial charge in [0.1, 0.15) is 6.17 Å². The molecule has 1 aromatic rings. The molecule has 1 aromatic carbocycles. The topological polar surface area (TPSA) is 20.2 Å². The quantitative estimate of drug-likeness (QED) is 0.822. The number of benzene rings is 1. The maximum atomic E-state index is 13.8. The highest BCUT2D eigenvalue weighted by Crippen LogP contribution is 2.36. The number of aliphatic hydroxyl groups is 1. The molecule has 0 spiro atoms. The maximum absolute atomic E-state index is 13.8. The van der Waals surface area contributed by atoms with E-state index in [4.69, 9.17) is 16.7 Å². The maximum Gasteiger partial charge on any atom is 0.132 e. The molecule has 0 fully saturated rings. The molecule has 78 valence electrons. The Morgan fingerprint density at radius 3 is 2.29 bits per heavy atom. The Morgan fingerprint density at radius 2 is 1.86 bits per heavy atom. The second kappa shape index (κ2) is 4.28. The molecule has 0 aromatic heterocycles. The molecule has 0 aliphatic carbocycles. The predicted octanol–water partition coefficient (Wildman–Crippen LogP) is 3.37. The van der Waals surface area contributed by atoms with Gasteiger partial charge >= 0.3 is 0 Å². The first-order valence-corrected chi connectivity index (χ1v) is 4.85. The fraction of sp³-hybridized carbons (Fsp3) is 0.455. The average molecular weight is 217 g/mol. The summed E-state index contributed by atoms with van der Waals surface area (Å²) >= 11 is 5.69. The summed E-state index contributed by atoms with van der Waals surface area (Å²) in [4.78, 5) is 0. The van der Waals surface area contributed by atoms with E-state index in [2.05, 4.69) is 0 Å². The standard InChI is InChI=1S/C11H14ClFO/c1-11(2,7-14)10(13)8-3-5-9(12)6-4-8/h3-6,10,14H,7H2,1-2H3. The molecule has 1 atom stereocenters. The minimum Gasteiger partial charge on any atom is -0.396 e. The van der Waals surface area contributed by atoms with Gasteiger partial charge in [-0.15, -0.1) is 0 Å². The third-order valence-corrected chi connectivity index (χ3v) is 2.51. The normalized spacial score (nSPS) is 14.1. The van der Waals surface area contributed by atoms with Crippen molar-refractivity contribution in [1.82, 2.24) is 0 Å². The van der Waals surface area contributed by atoms with Crippen LogP contribution in [0.4, 0.5) is 4.39 Å². The largest absolute Gasteiger partial charge is 0.396 e. The highest BCUT2D eigenvalue weighted by Gasteiger charge is 2.29. The smallest absolute Gasteiger partial charge is 0.132 e. The van der Waals surface area contributed by atoms with Gasteiger partial charge in [-0.1, -0.05) is 37.6 Å². The molecule has 0 amide bonds. The van der Waals surface area contributed by atoms with Crippen LogP contribution in [0.15, 0.2) is 24.3 Å². The Balaban J connectivity index is 2.89. The molecule has 0 saturated carbocycles. The van der Waals surface area contributed by atoms with Crippen LogP contribution < -0.4 is 0 Å². The van der Waals surface area contributed by atoms with Crippen LogP contribution in [0.1, 0.15) is 25.6 Å². The van der Waals surface area contributed by atoms with E-state index in [1.807, 2.05) is 0 Å². The van der Waals surface area contributed by atoms with Crippen molar-refractivity contribution in [2.24, 2.45) is 5.41 Å². The monoisotopic (exact) mass is 216 g/mol. The van der Waals surface area contributed by atoms with Crippen molar-refractivity contribution in [2.45, 2.75) is 20.0 Å². The predicted molar refractivity (Wildman–Crippen MR) is 56.2 cm³/mol. The third-order valence-electron chi connectivity index (χ3n) is 2.26. The SMILES string of the molecule is CC(C)(CO)C(F)c1ccc(Cl)cc1. The van der Waals surface area contributed by atoms with Crippen molar-refractivity contribution in [3.63, 3.8) is 0 Å². The number of rotatable bonds is 3. The third kappa shape index (κ3) is 2.46. The van der Waals surface area contributed by atoms with Crippen molar-refractivity contribution < 1.29 is 9.50 Å². The summed E-state index contributed by atoms with van der Waals surface area (Å²) in [5, 5.41) is 9.60. The minimum absolute atomic E-state index is 0.184. The summed E-state index contributed by atoms with van der Waals surface area (Å²) in [7, 11) is 0. The van der Waals surface area contributed by atoms with Crippen molar-refractivity contribution in [3.05, 3.63) is 34.9 Å². The molecule has 14 heavy (non-hydrogen) atoms. The van der Waals surface area contributed by atoms with E-state index in [0.29, 0.717) is 10.6 Å². The van der Waals surface area contributed by atoms with Crippen LogP contribution >= 0.6 is 11.6 Å². The van der Waals surface area contributed by atoms with Gasteiger partial charge in [0.2, 0.25) is 0 Å². The van der Waals surface area contributed by atoms with Crippen LogP contribution in [-0.2, 0) is 0 Å². The van der Waals surface area contributed by atoms with E-state index in [0.717, 1.165) is 0 Å². The lowest BCUT2D eigenvalue weighted by molar-refractivity contribution is 0.0664. The van der Waals surface area contributed by atoms with Crippen LogP contribution in [0.3, 0.4) is 0 Å². The molecule has 3 heteroatoms. The summed E-state index contributed by atoms with van der Waals surface area (Å²) in [5.41, 5.74) is -0.207.